The van der Waals surface area contributed by atoms with E-state index in [9.17, 15) is 4.79 Å². The van der Waals surface area contributed by atoms with Crippen molar-refractivity contribution >= 4 is 44.6 Å². The number of halogens is 1. The molecule has 0 aliphatic carbocycles. The largest absolute Gasteiger partial charge is 0.489 e. The quantitative estimate of drug-likeness (QED) is 0.356. The second-order valence-electron chi connectivity index (χ2n) is 11.2. The molecule has 2 aromatic carbocycles. The molecule has 3 fully saturated rings. The third-order valence-corrected chi connectivity index (χ3v) is 9.50. The Morgan fingerprint density at radius 3 is 2.74 bits per heavy atom. The average molecular weight is 568 g/mol. The molecule has 1 unspecified atom stereocenters. The fraction of sp³-hybridized carbons (Fsp3) is 0.516. The molecule has 0 radical (unpaired) electrons. The predicted molar refractivity (Wildman–Crippen MR) is 159 cm³/mol. The van der Waals surface area contributed by atoms with Crippen molar-refractivity contribution in [3.05, 3.63) is 58.4 Å². The van der Waals surface area contributed by atoms with Gasteiger partial charge in [0.1, 0.15) is 11.9 Å². The molecule has 1 N–H and O–H groups in total. The molecule has 0 saturated carbocycles. The number of hydrogen-bond acceptors (Lipinski definition) is 6. The number of carbonyl (C=O) groups excluding carboxylic acids is 1. The SMILES string of the molecule is O=C(NC(Cc1ccc(OC2CCOCC2)c(Cl)c1)CN1CCCC1)[C@@H]1CCN(c2ccc3ccsc3c2)C1. The van der Waals surface area contributed by atoms with Gasteiger partial charge in [-0.25, -0.2) is 0 Å². The number of nitrogens with zero attached hydrogens (tertiary/aromatic N) is 2. The van der Waals surface area contributed by atoms with Gasteiger partial charge in [0.2, 0.25) is 5.91 Å². The van der Waals surface area contributed by atoms with Crippen LogP contribution in [-0.2, 0) is 16.0 Å². The number of carbonyl (C=O) groups is 1. The number of hydrogen-bond donors (Lipinski definition) is 1. The molecule has 8 heteroatoms. The summed E-state index contributed by atoms with van der Waals surface area (Å²) in [6.45, 7) is 6.23. The second-order valence-corrected chi connectivity index (χ2v) is 12.5. The number of fused-ring (bicyclic) bond motifs is 1. The lowest BCUT2D eigenvalue weighted by atomic mass is 10.0. The van der Waals surface area contributed by atoms with Crippen LogP contribution in [0.15, 0.2) is 47.8 Å². The number of ether oxygens (including phenoxy) is 2. The van der Waals surface area contributed by atoms with E-state index in [1.165, 1.54) is 28.6 Å². The summed E-state index contributed by atoms with van der Waals surface area (Å²) in [5, 5.41) is 7.49. The first-order chi connectivity index (χ1) is 19.1. The lowest BCUT2D eigenvalue weighted by Crippen LogP contribution is -2.46. The monoisotopic (exact) mass is 567 g/mol. The van der Waals surface area contributed by atoms with Crippen LogP contribution in [0.2, 0.25) is 5.02 Å². The molecule has 3 aliphatic heterocycles. The molecule has 39 heavy (non-hydrogen) atoms. The number of amides is 1. The summed E-state index contributed by atoms with van der Waals surface area (Å²) in [6.07, 6.45) is 6.04. The van der Waals surface area contributed by atoms with Gasteiger partial charge in [0.15, 0.2) is 0 Å². The Kier molecular flexibility index (Phi) is 8.59. The van der Waals surface area contributed by atoms with Gasteiger partial charge in [-0.1, -0.05) is 23.7 Å². The van der Waals surface area contributed by atoms with Crippen LogP contribution in [0, 0.1) is 5.92 Å². The third-order valence-electron chi connectivity index (χ3n) is 8.33. The summed E-state index contributed by atoms with van der Waals surface area (Å²) in [7, 11) is 0. The molecule has 2 atom stereocenters. The minimum atomic E-state index is 0.00366. The molecule has 1 aromatic heterocycles. The van der Waals surface area contributed by atoms with Crippen molar-refractivity contribution in [2.75, 3.05) is 50.8 Å². The maximum atomic E-state index is 13.5. The topological polar surface area (TPSA) is 54.0 Å². The number of nitrogens with one attached hydrogen (secondary N) is 1. The van der Waals surface area contributed by atoms with Gasteiger partial charge < -0.3 is 24.6 Å². The second kappa shape index (κ2) is 12.5. The molecule has 4 heterocycles. The van der Waals surface area contributed by atoms with Crippen LogP contribution in [0.25, 0.3) is 10.1 Å². The molecule has 0 spiro atoms. The fourth-order valence-corrected chi connectivity index (χ4v) is 7.20. The highest BCUT2D eigenvalue weighted by Crippen LogP contribution is 2.31. The average Bonchev–Trinajstić information content (AvgIpc) is 3.72. The maximum absolute atomic E-state index is 13.5. The van der Waals surface area contributed by atoms with Gasteiger partial charge in [-0.2, -0.15) is 0 Å². The maximum Gasteiger partial charge on any atom is 0.225 e. The van der Waals surface area contributed by atoms with E-state index in [-0.39, 0.29) is 24.0 Å². The van der Waals surface area contributed by atoms with E-state index in [1.807, 2.05) is 12.1 Å². The van der Waals surface area contributed by atoms with Crippen molar-refractivity contribution in [1.29, 1.82) is 0 Å². The van der Waals surface area contributed by atoms with Crippen LogP contribution in [0.1, 0.15) is 37.7 Å². The summed E-state index contributed by atoms with van der Waals surface area (Å²) in [5.74, 6) is 0.910. The van der Waals surface area contributed by atoms with Crippen molar-refractivity contribution < 1.29 is 14.3 Å². The zero-order valence-corrected chi connectivity index (χ0v) is 24.0. The molecule has 3 aromatic rings. The summed E-state index contributed by atoms with van der Waals surface area (Å²) in [5.41, 5.74) is 2.34. The Morgan fingerprint density at radius 1 is 1.08 bits per heavy atom. The summed E-state index contributed by atoms with van der Waals surface area (Å²) < 4.78 is 12.9. The number of thiophene rings is 1. The predicted octanol–water partition coefficient (Wildman–Crippen LogP) is 5.76. The van der Waals surface area contributed by atoms with E-state index in [2.05, 4.69) is 50.8 Å². The van der Waals surface area contributed by atoms with Gasteiger partial charge in [0.25, 0.3) is 0 Å². The van der Waals surface area contributed by atoms with Gasteiger partial charge in [0, 0.05) is 48.9 Å². The van der Waals surface area contributed by atoms with Crippen molar-refractivity contribution in [1.82, 2.24) is 10.2 Å². The molecule has 1 amide bonds. The van der Waals surface area contributed by atoms with E-state index in [0.717, 1.165) is 82.9 Å². The molecule has 6 rings (SSSR count). The highest BCUT2D eigenvalue weighted by atomic mass is 35.5. The van der Waals surface area contributed by atoms with Crippen LogP contribution >= 0.6 is 22.9 Å². The summed E-state index contributed by atoms with van der Waals surface area (Å²) >= 11 is 8.43. The highest BCUT2D eigenvalue weighted by molar-refractivity contribution is 7.17. The number of anilines is 1. The van der Waals surface area contributed by atoms with Crippen LogP contribution in [0.3, 0.4) is 0 Å². The molecule has 3 aliphatic rings. The first kappa shape index (κ1) is 26.9. The Bertz CT molecular complexity index is 1270. The molecular weight excluding hydrogens is 530 g/mol. The molecule has 0 bridgehead atoms. The first-order valence-electron chi connectivity index (χ1n) is 14.4. The van der Waals surface area contributed by atoms with Crippen molar-refractivity contribution in [2.24, 2.45) is 5.92 Å². The van der Waals surface area contributed by atoms with Gasteiger partial charge in [0.05, 0.1) is 24.2 Å². The minimum Gasteiger partial charge on any atom is -0.489 e. The van der Waals surface area contributed by atoms with Gasteiger partial charge >= 0.3 is 0 Å². The molecule has 6 nitrogen and oxygen atoms in total. The molecule has 208 valence electrons. The fourth-order valence-electron chi connectivity index (χ4n) is 6.13. The van der Waals surface area contributed by atoms with E-state index >= 15 is 0 Å². The third kappa shape index (κ3) is 6.71. The van der Waals surface area contributed by atoms with Gasteiger partial charge in [-0.05, 0) is 85.4 Å². The molecule has 3 saturated heterocycles. The van der Waals surface area contributed by atoms with Crippen LogP contribution in [0.5, 0.6) is 5.75 Å². The van der Waals surface area contributed by atoms with Crippen LogP contribution in [0.4, 0.5) is 5.69 Å². The lowest BCUT2D eigenvalue weighted by molar-refractivity contribution is -0.125. The normalized spacial score (nSPS) is 21.5. The Hall–Kier alpha value is -2.32. The van der Waals surface area contributed by atoms with E-state index in [4.69, 9.17) is 21.1 Å². The van der Waals surface area contributed by atoms with Gasteiger partial charge in [-0.15, -0.1) is 11.3 Å². The zero-order chi connectivity index (χ0) is 26.6. The minimum absolute atomic E-state index is 0.00366. The highest BCUT2D eigenvalue weighted by Gasteiger charge is 2.31. The van der Waals surface area contributed by atoms with Crippen molar-refractivity contribution in [2.45, 2.75) is 50.7 Å². The standard InChI is InChI=1S/C31H38ClN3O3S/c32-28-18-22(3-6-29(28)38-27-8-14-37-15-9-27)17-25(21-34-11-1-2-12-34)33-31(36)24-7-13-35(20-24)26-5-4-23-10-16-39-30(23)19-26/h3-6,10,16,18-19,24-25,27H,1-2,7-9,11-15,17,20-21H2,(H,33,36)/t24-,25?/m1/s1. The molecular formula is C31H38ClN3O3S. The Balaban J connectivity index is 1.09. The van der Waals surface area contributed by atoms with Crippen LogP contribution < -0.4 is 15.0 Å². The lowest BCUT2D eigenvalue weighted by Gasteiger charge is -2.27. The number of benzene rings is 2. The zero-order valence-electron chi connectivity index (χ0n) is 22.4. The van der Waals surface area contributed by atoms with E-state index < -0.39 is 0 Å². The smallest absolute Gasteiger partial charge is 0.225 e. The summed E-state index contributed by atoms with van der Waals surface area (Å²) in [4.78, 5) is 18.3. The van der Waals surface area contributed by atoms with E-state index in [1.54, 1.807) is 11.3 Å². The van der Waals surface area contributed by atoms with Crippen molar-refractivity contribution in [3.8, 4) is 5.75 Å². The van der Waals surface area contributed by atoms with E-state index in [0.29, 0.717) is 5.02 Å². The number of rotatable bonds is 9. The van der Waals surface area contributed by atoms with Crippen LogP contribution in [-0.4, -0.2) is 68.9 Å². The van der Waals surface area contributed by atoms with Crippen molar-refractivity contribution in [3.63, 3.8) is 0 Å². The number of likely N-dealkylation sites (tertiary alicyclic amines) is 1. The summed E-state index contributed by atoms with van der Waals surface area (Å²) in [6, 6.07) is 14.9. The first-order valence-corrected chi connectivity index (χ1v) is 15.6. The Morgan fingerprint density at radius 2 is 1.92 bits per heavy atom. The van der Waals surface area contributed by atoms with Gasteiger partial charge in [-0.3, -0.25) is 4.79 Å². The Labute approximate surface area is 240 Å².